The molecule has 1 aromatic carbocycles. The molecule has 0 atom stereocenters. The molecule has 14 heteroatoms. The van der Waals surface area contributed by atoms with E-state index in [2.05, 4.69) is 15.6 Å². The monoisotopic (exact) mass is 504 g/mol. The van der Waals surface area contributed by atoms with Crippen LogP contribution < -0.4 is 5.32 Å². The van der Waals surface area contributed by atoms with Crippen molar-refractivity contribution >= 4 is 34.8 Å². The molecule has 1 aliphatic rings. The van der Waals surface area contributed by atoms with Crippen molar-refractivity contribution in [1.29, 1.82) is 0 Å². The van der Waals surface area contributed by atoms with E-state index in [1.807, 2.05) is 0 Å². The Morgan fingerprint density at radius 1 is 1.34 bits per heavy atom. The third kappa shape index (κ3) is 5.16. The maximum Gasteiger partial charge on any atom is 0.433 e. The lowest BCUT2D eigenvalue weighted by Gasteiger charge is -2.26. The number of thiocarbonyl (C=S) groups is 1. The summed E-state index contributed by atoms with van der Waals surface area (Å²) >= 11 is 4.88. The lowest BCUT2D eigenvalue weighted by atomic mass is 9.97. The quantitative estimate of drug-likeness (QED) is 0.306. The highest BCUT2D eigenvalue weighted by atomic mass is 32.1. The number of nitrogens with zero attached hydrogens (tertiary/aromatic N) is 5. The molecule has 0 aliphatic carbocycles. The van der Waals surface area contributed by atoms with Crippen molar-refractivity contribution in [3.05, 3.63) is 75.3 Å². The third-order valence-corrected chi connectivity index (χ3v) is 5.54. The number of carbonyl (C=O) groups excluding carboxylic acids is 1. The van der Waals surface area contributed by atoms with Gasteiger partial charge in [-0.05, 0) is 30.3 Å². The minimum absolute atomic E-state index is 0.0616. The van der Waals surface area contributed by atoms with E-state index in [9.17, 15) is 23.7 Å². The van der Waals surface area contributed by atoms with Crippen molar-refractivity contribution in [2.75, 3.05) is 20.2 Å². The number of aromatic nitrogens is 3. The summed E-state index contributed by atoms with van der Waals surface area (Å²) in [6.45, 7) is 0.442. The first kappa shape index (κ1) is 23.9. The zero-order chi connectivity index (χ0) is 25.1. The molecule has 182 valence electrons. The van der Waals surface area contributed by atoms with Crippen LogP contribution in [0.3, 0.4) is 0 Å². The lowest BCUT2D eigenvalue weighted by Crippen LogP contribution is -2.34. The molecule has 35 heavy (non-hydrogen) atoms. The molecule has 1 aliphatic heterocycles. The van der Waals surface area contributed by atoms with Crippen molar-refractivity contribution in [3.8, 4) is 5.69 Å². The highest BCUT2D eigenvalue weighted by Gasteiger charge is 2.26. The van der Waals surface area contributed by atoms with Gasteiger partial charge in [-0.3, -0.25) is 14.9 Å². The smallest absolute Gasteiger partial charge is 0.433 e. The van der Waals surface area contributed by atoms with Gasteiger partial charge in [0.15, 0.2) is 5.76 Å². The number of carbonyl (C=O) groups is 1. The average molecular weight is 504 g/mol. The Bertz CT molecular complexity index is 1310. The van der Waals surface area contributed by atoms with Gasteiger partial charge in [0.05, 0.1) is 31.6 Å². The second-order valence-electron chi connectivity index (χ2n) is 7.41. The van der Waals surface area contributed by atoms with E-state index in [1.54, 1.807) is 0 Å². The number of hydrogen-bond acceptors (Lipinski definition) is 8. The molecule has 3 aromatic rings. The summed E-state index contributed by atoms with van der Waals surface area (Å²) in [4.78, 5) is 23.9. The highest BCUT2D eigenvalue weighted by Crippen LogP contribution is 2.30. The molecule has 0 fully saturated rings. The summed E-state index contributed by atoms with van der Waals surface area (Å²) in [5.41, 5.74) is 0.833. The van der Waals surface area contributed by atoms with Crippen LogP contribution in [-0.4, -0.2) is 56.1 Å². The van der Waals surface area contributed by atoms with Crippen molar-refractivity contribution < 1.29 is 27.7 Å². The van der Waals surface area contributed by atoms with Gasteiger partial charge in [0, 0.05) is 30.8 Å². The summed E-state index contributed by atoms with van der Waals surface area (Å²) in [5.74, 6) is -2.85. The van der Waals surface area contributed by atoms with Crippen LogP contribution in [0.5, 0.6) is 0 Å². The van der Waals surface area contributed by atoms with Crippen LogP contribution in [0.25, 0.3) is 11.3 Å². The van der Waals surface area contributed by atoms with E-state index in [0.717, 1.165) is 18.2 Å². The Hall–Kier alpha value is -4.20. The first-order valence-electron chi connectivity index (χ1n) is 10.2. The van der Waals surface area contributed by atoms with Crippen LogP contribution in [0.15, 0.2) is 41.0 Å². The first-order chi connectivity index (χ1) is 16.8. The normalized spacial score (nSPS) is 13.3. The maximum absolute atomic E-state index is 14.9. The number of ether oxygens (including phenoxy) is 1. The van der Waals surface area contributed by atoms with E-state index >= 15 is 0 Å². The Balaban J connectivity index is 1.48. The first-order valence-corrected chi connectivity index (χ1v) is 10.6. The van der Waals surface area contributed by atoms with Crippen LogP contribution in [0.4, 0.5) is 14.7 Å². The van der Waals surface area contributed by atoms with Crippen LogP contribution in [0.2, 0.25) is 0 Å². The van der Waals surface area contributed by atoms with Gasteiger partial charge in [-0.1, -0.05) is 11.3 Å². The summed E-state index contributed by atoms with van der Waals surface area (Å²) in [6, 6.07) is 4.60. The van der Waals surface area contributed by atoms with E-state index in [1.165, 1.54) is 35.0 Å². The van der Waals surface area contributed by atoms with Crippen molar-refractivity contribution in [2.45, 2.75) is 13.0 Å². The van der Waals surface area contributed by atoms with E-state index < -0.39 is 28.3 Å². The fourth-order valence-electron chi connectivity index (χ4n) is 3.52. The molecule has 1 N–H and O–H groups in total. The molecule has 0 unspecified atom stereocenters. The summed E-state index contributed by atoms with van der Waals surface area (Å²) in [6.07, 6.45) is 3.22. The van der Waals surface area contributed by atoms with Crippen LogP contribution >= 0.6 is 12.2 Å². The average Bonchev–Trinajstić information content (AvgIpc) is 3.52. The number of amides is 1. The van der Waals surface area contributed by atoms with Crippen molar-refractivity contribution in [2.24, 2.45) is 0 Å². The van der Waals surface area contributed by atoms with Crippen molar-refractivity contribution in [1.82, 2.24) is 25.2 Å². The Morgan fingerprint density at radius 3 is 2.69 bits per heavy atom. The Kier molecular flexibility index (Phi) is 6.82. The van der Waals surface area contributed by atoms with E-state index in [4.69, 9.17) is 21.4 Å². The zero-order valence-electron chi connectivity index (χ0n) is 18.2. The third-order valence-electron chi connectivity index (χ3n) is 5.23. The van der Waals surface area contributed by atoms with Crippen molar-refractivity contribution in [3.63, 3.8) is 0 Å². The van der Waals surface area contributed by atoms with Crippen LogP contribution in [0.1, 0.15) is 28.2 Å². The number of hydrogen-bond donors (Lipinski definition) is 1. The molecule has 3 heterocycles. The number of furan rings is 1. The minimum atomic E-state index is -0.788. The molecule has 0 saturated carbocycles. The predicted molar refractivity (Wildman–Crippen MR) is 122 cm³/mol. The zero-order valence-corrected chi connectivity index (χ0v) is 19.1. The van der Waals surface area contributed by atoms with E-state index in [0.29, 0.717) is 11.3 Å². The Labute approximate surface area is 202 Å². The van der Waals surface area contributed by atoms with Gasteiger partial charge < -0.3 is 19.4 Å². The van der Waals surface area contributed by atoms with Crippen LogP contribution in [0, 0.1) is 21.7 Å². The molecule has 0 bridgehead atoms. The standard InChI is InChI=1S/C21H18F2N6O5S/c1-33-21(35)24-10-13-11-28(26-25-13)14-8-15(22)19(16(23)9-14)12-4-6-27(7-5-12)20(30)17-2-3-18(34-17)29(31)32/h2-4,8-9,11H,5-7,10H2,1H3,(H,24,35). The fourth-order valence-corrected chi connectivity index (χ4v) is 3.59. The molecule has 4 rings (SSSR count). The SMILES string of the molecule is COC(=S)NCc1cn(-c2cc(F)c(C3=CCN(C(=O)c4ccc([N+](=O)[O-])o4)CC3)c(F)c2)nn1. The summed E-state index contributed by atoms with van der Waals surface area (Å²) in [7, 11) is 1.42. The molecule has 0 spiro atoms. The van der Waals surface area contributed by atoms with Gasteiger partial charge in [0.1, 0.15) is 22.3 Å². The second-order valence-corrected chi connectivity index (χ2v) is 7.78. The van der Waals surface area contributed by atoms with E-state index in [-0.39, 0.29) is 48.2 Å². The Morgan fingerprint density at radius 2 is 2.09 bits per heavy atom. The molecule has 1 amide bonds. The van der Waals surface area contributed by atoms with Gasteiger partial charge >= 0.3 is 5.88 Å². The van der Waals surface area contributed by atoms with Crippen LogP contribution in [-0.2, 0) is 11.3 Å². The topological polar surface area (TPSA) is 129 Å². The number of nitro groups is 1. The molecular formula is C21H18F2N6O5S. The molecule has 0 radical (unpaired) electrons. The molecule has 2 aromatic heterocycles. The van der Waals surface area contributed by atoms with Gasteiger partial charge in [0.2, 0.25) is 0 Å². The molecular weight excluding hydrogens is 486 g/mol. The number of methoxy groups -OCH3 is 1. The van der Waals surface area contributed by atoms with Gasteiger partial charge in [-0.2, -0.15) is 0 Å². The van der Waals surface area contributed by atoms with Gasteiger partial charge in [0.25, 0.3) is 11.1 Å². The molecule has 11 nitrogen and oxygen atoms in total. The number of rotatable bonds is 6. The highest BCUT2D eigenvalue weighted by molar-refractivity contribution is 7.80. The fraction of sp³-hybridized carbons (Fsp3) is 0.238. The number of benzene rings is 1. The van der Waals surface area contributed by atoms with Gasteiger partial charge in [-0.15, -0.1) is 5.10 Å². The lowest BCUT2D eigenvalue weighted by molar-refractivity contribution is -0.402. The summed E-state index contributed by atoms with van der Waals surface area (Å²) in [5, 5.41) is 21.5. The maximum atomic E-state index is 14.9. The number of nitrogens with one attached hydrogen (secondary N) is 1. The largest absolute Gasteiger partial charge is 0.474 e. The summed E-state index contributed by atoms with van der Waals surface area (Å²) < 4.78 is 40.9. The molecule has 0 saturated heterocycles. The number of halogens is 2. The van der Waals surface area contributed by atoms with Gasteiger partial charge in [-0.25, -0.2) is 13.5 Å². The second kappa shape index (κ2) is 9.97. The minimum Gasteiger partial charge on any atom is -0.474 e. The predicted octanol–water partition coefficient (Wildman–Crippen LogP) is 3.00.